The van der Waals surface area contributed by atoms with Gasteiger partial charge < -0.3 is 5.73 Å². The van der Waals surface area contributed by atoms with Crippen LogP contribution in [0.2, 0.25) is 5.02 Å². The minimum atomic E-state index is -3.98. The van der Waals surface area contributed by atoms with Gasteiger partial charge >= 0.3 is 10.2 Å². The first-order valence-corrected chi connectivity index (χ1v) is 13.8. The van der Waals surface area contributed by atoms with Gasteiger partial charge in [-0.15, -0.1) is 4.40 Å². The van der Waals surface area contributed by atoms with Gasteiger partial charge in [-0.25, -0.2) is 9.69 Å². The van der Waals surface area contributed by atoms with E-state index in [4.69, 9.17) is 22.4 Å². The van der Waals surface area contributed by atoms with Gasteiger partial charge in [-0.3, -0.25) is 0 Å². The molecule has 1 fully saturated rings. The lowest BCUT2D eigenvalue weighted by Gasteiger charge is -2.31. The van der Waals surface area contributed by atoms with Crippen LogP contribution in [-0.2, 0) is 10.2 Å². The zero-order chi connectivity index (χ0) is 25.8. The van der Waals surface area contributed by atoms with Crippen LogP contribution in [-0.4, -0.2) is 64.8 Å². The maximum Gasteiger partial charge on any atom is 0.325 e. The summed E-state index contributed by atoms with van der Waals surface area (Å²) in [5.41, 5.74) is 8.91. The van der Waals surface area contributed by atoms with Crippen molar-refractivity contribution in [3.8, 4) is 0 Å². The molecule has 0 radical (unpaired) electrons. The molecule has 12 heteroatoms. The molecule has 0 spiro atoms. The SMILES string of the molecule is N/C(=N\C(=N/S(=O)(=O)N1CCCC1)N1CCC(c2ccccc2)C(c2ccc(Cl)cc2)=N1)n1cccn1. The van der Waals surface area contributed by atoms with E-state index in [-0.39, 0.29) is 17.8 Å². The van der Waals surface area contributed by atoms with Crippen LogP contribution in [0.1, 0.15) is 36.3 Å². The molecule has 37 heavy (non-hydrogen) atoms. The second-order valence-corrected chi connectivity index (χ2v) is 10.8. The van der Waals surface area contributed by atoms with E-state index in [0.29, 0.717) is 31.1 Å². The Labute approximate surface area is 221 Å². The third-order valence-corrected chi connectivity index (χ3v) is 7.97. The monoisotopic (exact) mass is 538 g/mol. The van der Waals surface area contributed by atoms with E-state index in [2.05, 4.69) is 26.6 Å². The minimum absolute atomic E-state index is 0.0116. The predicted molar refractivity (Wildman–Crippen MR) is 145 cm³/mol. The number of rotatable bonds is 4. The molecule has 5 rings (SSSR count). The Morgan fingerprint density at radius 3 is 2.41 bits per heavy atom. The summed E-state index contributed by atoms with van der Waals surface area (Å²) in [5.74, 6) is -0.144. The van der Waals surface area contributed by atoms with Crippen LogP contribution in [0.5, 0.6) is 0 Å². The van der Waals surface area contributed by atoms with Gasteiger partial charge in [0.15, 0.2) is 0 Å². The fraction of sp³-hybridized carbons (Fsp3) is 0.280. The highest BCUT2D eigenvalue weighted by Crippen LogP contribution is 2.30. The molecule has 1 unspecified atom stereocenters. The van der Waals surface area contributed by atoms with Crippen molar-refractivity contribution in [2.75, 3.05) is 19.6 Å². The Morgan fingerprint density at radius 2 is 1.73 bits per heavy atom. The number of hydrogen-bond acceptors (Lipinski definition) is 4. The molecule has 2 aliphatic rings. The van der Waals surface area contributed by atoms with E-state index >= 15 is 0 Å². The number of halogens is 1. The van der Waals surface area contributed by atoms with Crippen LogP contribution in [0.4, 0.5) is 0 Å². The van der Waals surface area contributed by atoms with Gasteiger partial charge in [0.2, 0.25) is 5.96 Å². The quantitative estimate of drug-likeness (QED) is 0.403. The number of guanidine groups is 1. The fourth-order valence-electron chi connectivity index (χ4n) is 4.44. The van der Waals surface area contributed by atoms with E-state index in [1.807, 2.05) is 30.3 Å². The van der Waals surface area contributed by atoms with Crippen LogP contribution >= 0.6 is 11.6 Å². The third kappa shape index (κ3) is 5.74. The molecule has 10 nitrogen and oxygen atoms in total. The number of nitrogens with two attached hydrogens (primary N) is 1. The maximum atomic E-state index is 13.1. The number of hydrogen-bond donors (Lipinski definition) is 1. The van der Waals surface area contributed by atoms with Crippen molar-refractivity contribution in [3.63, 3.8) is 0 Å². The topological polar surface area (TPSA) is 122 Å². The van der Waals surface area contributed by atoms with Crippen molar-refractivity contribution in [1.82, 2.24) is 19.1 Å². The molecule has 1 aromatic heterocycles. The number of aromatic nitrogens is 2. The molecule has 192 valence electrons. The summed E-state index contributed by atoms with van der Waals surface area (Å²) in [6.07, 6.45) is 5.43. The number of aliphatic imine (C=N–C) groups is 1. The lowest BCUT2D eigenvalue weighted by molar-refractivity contribution is 0.398. The first-order chi connectivity index (χ1) is 17.9. The number of hydrazone groups is 1. The molecule has 0 amide bonds. The van der Waals surface area contributed by atoms with Gasteiger partial charge in [0.25, 0.3) is 5.96 Å². The molecular weight excluding hydrogens is 512 g/mol. The van der Waals surface area contributed by atoms with Crippen molar-refractivity contribution < 1.29 is 8.42 Å². The lowest BCUT2D eigenvalue weighted by atomic mass is 9.86. The minimum Gasteiger partial charge on any atom is -0.368 e. The Bertz CT molecular complexity index is 1420. The van der Waals surface area contributed by atoms with Gasteiger partial charge in [0, 0.05) is 43.0 Å². The van der Waals surface area contributed by atoms with Crippen LogP contribution < -0.4 is 5.73 Å². The van der Waals surface area contributed by atoms with Gasteiger partial charge in [-0.05, 0) is 48.6 Å². The van der Waals surface area contributed by atoms with Gasteiger partial charge in [0.05, 0.1) is 5.71 Å². The van der Waals surface area contributed by atoms with E-state index in [1.54, 1.807) is 30.6 Å². The summed E-state index contributed by atoms with van der Waals surface area (Å²) < 4.78 is 33.1. The second-order valence-electron chi connectivity index (χ2n) is 8.76. The molecule has 3 heterocycles. The van der Waals surface area contributed by atoms with Crippen molar-refractivity contribution in [3.05, 3.63) is 89.2 Å². The highest BCUT2D eigenvalue weighted by Gasteiger charge is 2.31. The standard InChI is InChI=1S/C25H27ClN8O2S/c26-21-11-9-20(10-12-21)23-22(19-7-2-1-3-8-19)13-18-34(30-23)25(29-24(27)33-17-6-14-28-33)31-37(35,36)32-15-4-5-16-32/h1-3,6-12,14,17,22H,4-5,13,15-16,18H2,(H2,27,29,31). The van der Waals surface area contributed by atoms with Crippen molar-refractivity contribution in [2.24, 2.45) is 20.2 Å². The maximum absolute atomic E-state index is 13.1. The molecule has 0 aliphatic carbocycles. The van der Waals surface area contributed by atoms with Crippen LogP contribution in [0.15, 0.2) is 87.5 Å². The Kier molecular flexibility index (Phi) is 7.36. The second kappa shape index (κ2) is 10.8. The van der Waals surface area contributed by atoms with Gasteiger partial charge in [0.1, 0.15) is 0 Å². The smallest absolute Gasteiger partial charge is 0.325 e. The molecule has 1 saturated heterocycles. The zero-order valence-corrected chi connectivity index (χ0v) is 21.6. The van der Waals surface area contributed by atoms with Crippen LogP contribution in [0, 0.1) is 0 Å². The van der Waals surface area contributed by atoms with Crippen LogP contribution in [0.25, 0.3) is 0 Å². The highest BCUT2D eigenvalue weighted by molar-refractivity contribution is 7.87. The first kappa shape index (κ1) is 25.1. The molecule has 3 aromatic rings. The Balaban J connectivity index is 1.60. The molecule has 1 atom stereocenters. The van der Waals surface area contributed by atoms with Gasteiger partial charge in [-0.1, -0.05) is 54.1 Å². The summed E-state index contributed by atoms with van der Waals surface area (Å²) in [5, 5.41) is 11.1. The molecule has 2 N–H and O–H groups in total. The predicted octanol–water partition coefficient (Wildman–Crippen LogP) is 3.29. The van der Waals surface area contributed by atoms with Crippen molar-refractivity contribution in [2.45, 2.75) is 25.2 Å². The normalized spacial score (nSPS) is 19.8. The molecule has 0 bridgehead atoms. The number of nitrogens with zero attached hydrogens (tertiary/aromatic N) is 7. The van der Waals surface area contributed by atoms with Crippen molar-refractivity contribution >= 4 is 39.4 Å². The van der Waals surface area contributed by atoms with Crippen molar-refractivity contribution in [1.29, 1.82) is 0 Å². The van der Waals surface area contributed by atoms with Gasteiger partial charge in [-0.2, -0.15) is 27.9 Å². The number of benzene rings is 2. The molecular formula is C25H27ClN8O2S. The summed E-state index contributed by atoms with van der Waals surface area (Å²) >= 11 is 6.14. The van der Waals surface area contributed by atoms with E-state index in [1.165, 1.54) is 14.0 Å². The highest BCUT2D eigenvalue weighted by atomic mass is 35.5. The average Bonchev–Trinajstić information content (AvgIpc) is 3.64. The summed E-state index contributed by atoms with van der Waals surface area (Å²) in [6, 6.07) is 19.2. The van der Waals surface area contributed by atoms with E-state index in [9.17, 15) is 8.42 Å². The summed E-state index contributed by atoms with van der Waals surface area (Å²) in [7, 11) is -3.98. The average molecular weight is 539 g/mol. The Morgan fingerprint density at radius 1 is 1.00 bits per heavy atom. The zero-order valence-electron chi connectivity index (χ0n) is 20.1. The largest absolute Gasteiger partial charge is 0.368 e. The third-order valence-electron chi connectivity index (χ3n) is 6.30. The molecule has 2 aliphatic heterocycles. The lowest BCUT2D eigenvalue weighted by Crippen LogP contribution is -2.38. The Hall–Kier alpha value is -3.54. The molecule has 0 saturated carbocycles. The summed E-state index contributed by atoms with van der Waals surface area (Å²) in [6.45, 7) is 1.24. The fourth-order valence-corrected chi connectivity index (χ4v) is 5.74. The first-order valence-electron chi connectivity index (χ1n) is 12.0. The van der Waals surface area contributed by atoms with E-state index < -0.39 is 10.2 Å². The van der Waals surface area contributed by atoms with E-state index in [0.717, 1.165) is 29.7 Å². The van der Waals surface area contributed by atoms with Crippen LogP contribution in [0.3, 0.4) is 0 Å². The summed E-state index contributed by atoms with van der Waals surface area (Å²) in [4.78, 5) is 4.38. The molecule has 2 aromatic carbocycles.